The van der Waals surface area contributed by atoms with Crippen LogP contribution in [0.4, 0.5) is 0 Å². The van der Waals surface area contributed by atoms with Gasteiger partial charge in [0.15, 0.2) is 0 Å². The van der Waals surface area contributed by atoms with E-state index >= 15 is 0 Å². The van der Waals surface area contributed by atoms with Crippen molar-refractivity contribution >= 4 is 0 Å². The zero-order chi connectivity index (χ0) is 12.5. The van der Waals surface area contributed by atoms with E-state index < -0.39 is 0 Å². The van der Waals surface area contributed by atoms with E-state index in [9.17, 15) is 0 Å². The maximum Gasteiger partial charge on any atom is 0.142 e. The van der Waals surface area contributed by atoms with Gasteiger partial charge in [0.25, 0.3) is 0 Å². The summed E-state index contributed by atoms with van der Waals surface area (Å²) in [7, 11) is 1.68. The molecule has 0 bridgehead atoms. The van der Waals surface area contributed by atoms with Crippen molar-refractivity contribution in [2.75, 3.05) is 20.3 Å². The van der Waals surface area contributed by atoms with E-state index in [4.69, 9.17) is 9.47 Å². The van der Waals surface area contributed by atoms with Gasteiger partial charge in [-0.1, -0.05) is 26.0 Å². The molecular weight excluding hydrogens is 214 g/mol. The van der Waals surface area contributed by atoms with Gasteiger partial charge in [-0.3, -0.25) is 5.32 Å². The molecule has 1 aromatic carbocycles. The van der Waals surface area contributed by atoms with Crippen molar-refractivity contribution in [3.05, 3.63) is 29.8 Å². The normalized spacial score (nSPS) is 27.8. The maximum atomic E-state index is 5.99. The van der Waals surface area contributed by atoms with Gasteiger partial charge in [0.05, 0.1) is 13.7 Å². The molecular formula is C14H21NO2. The van der Waals surface area contributed by atoms with Gasteiger partial charge in [-0.25, -0.2) is 0 Å². The smallest absolute Gasteiger partial charge is 0.142 e. The summed E-state index contributed by atoms with van der Waals surface area (Å²) >= 11 is 0. The van der Waals surface area contributed by atoms with Crippen LogP contribution in [0.3, 0.4) is 0 Å². The predicted octanol–water partition coefficient (Wildman–Crippen LogP) is 2.51. The van der Waals surface area contributed by atoms with Crippen molar-refractivity contribution in [1.29, 1.82) is 0 Å². The van der Waals surface area contributed by atoms with Crippen molar-refractivity contribution in [1.82, 2.24) is 5.32 Å². The van der Waals surface area contributed by atoms with E-state index in [0.29, 0.717) is 0 Å². The van der Waals surface area contributed by atoms with Crippen LogP contribution in [0.2, 0.25) is 0 Å². The third-order valence-electron chi connectivity index (χ3n) is 3.30. The second-order valence-corrected chi connectivity index (χ2v) is 5.57. The van der Waals surface area contributed by atoms with Crippen LogP contribution in [0.5, 0.6) is 5.75 Å². The Hall–Kier alpha value is -1.06. The Morgan fingerprint density at radius 3 is 2.29 bits per heavy atom. The molecule has 1 aromatic rings. The lowest BCUT2D eigenvalue weighted by Gasteiger charge is -2.42. The molecule has 94 valence electrons. The van der Waals surface area contributed by atoms with Crippen molar-refractivity contribution in [2.45, 2.75) is 26.5 Å². The SMILES string of the molecule is COc1ccc(C2(C)NCC(C)(C)CO2)cc1. The zero-order valence-corrected chi connectivity index (χ0v) is 11.0. The molecule has 0 radical (unpaired) electrons. The number of hydrogen-bond donors (Lipinski definition) is 1. The summed E-state index contributed by atoms with van der Waals surface area (Å²) in [5.41, 5.74) is 0.946. The lowest BCUT2D eigenvalue weighted by molar-refractivity contribution is -0.131. The highest BCUT2D eigenvalue weighted by Crippen LogP contribution is 2.31. The van der Waals surface area contributed by atoms with Gasteiger partial charge < -0.3 is 9.47 Å². The summed E-state index contributed by atoms with van der Waals surface area (Å²) in [5, 5.41) is 3.48. The maximum absolute atomic E-state index is 5.99. The van der Waals surface area contributed by atoms with Crippen LogP contribution in [0.1, 0.15) is 26.3 Å². The fraction of sp³-hybridized carbons (Fsp3) is 0.571. The molecule has 0 amide bonds. The van der Waals surface area contributed by atoms with Gasteiger partial charge >= 0.3 is 0 Å². The topological polar surface area (TPSA) is 30.5 Å². The Kier molecular flexibility index (Phi) is 3.15. The quantitative estimate of drug-likeness (QED) is 0.854. The van der Waals surface area contributed by atoms with Crippen LogP contribution in [0, 0.1) is 5.41 Å². The number of benzene rings is 1. The van der Waals surface area contributed by atoms with Crippen LogP contribution in [0.25, 0.3) is 0 Å². The van der Waals surface area contributed by atoms with E-state index in [0.717, 1.165) is 24.5 Å². The summed E-state index contributed by atoms with van der Waals surface area (Å²) in [6.45, 7) is 8.20. The van der Waals surface area contributed by atoms with Gasteiger partial charge in [-0.05, 0) is 24.6 Å². The number of ether oxygens (including phenoxy) is 2. The van der Waals surface area contributed by atoms with Gasteiger partial charge in [0.2, 0.25) is 0 Å². The number of rotatable bonds is 2. The summed E-state index contributed by atoms with van der Waals surface area (Å²) in [4.78, 5) is 0. The van der Waals surface area contributed by atoms with Gasteiger partial charge in [-0.2, -0.15) is 0 Å². The monoisotopic (exact) mass is 235 g/mol. The van der Waals surface area contributed by atoms with E-state index in [1.165, 1.54) is 0 Å². The molecule has 17 heavy (non-hydrogen) atoms. The molecule has 1 heterocycles. The van der Waals surface area contributed by atoms with Crippen molar-refractivity contribution < 1.29 is 9.47 Å². The van der Waals surface area contributed by atoms with Gasteiger partial charge in [-0.15, -0.1) is 0 Å². The van der Waals surface area contributed by atoms with Crippen molar-refractivity contribution in [2.24, 2.45) is 5.41 Å². The average molecular weight is 235 g/mol. The highest BCUT2D eigenvalue weighted by atomic mass is 16.5. The van der Waals surface area contributed by atoms with Crippen molar-refractivity contribution in [3.63, 3.8) is 0 Å². The van der Waals surface area contributed by atoms with E-state index in [1.807, 2.05) is 24.3 Å². The average Bonchev–Trinajstić information content (AvgIpc) is 2.34. The molecule has 3 nitrogen and oxygen atoms in total. The first-order chi connectivity index (χ1) is 7.95. The molecule has 1 aliphatic heterocycles. The third kappa shape index (κ3) is 2.61. The zero-order valence-electron chi connectivity index (χ0n) is 11.0. The molecule has 0 aromatic heterocycles. The van der Waals surface area contributed by atoms with Crippen LogP contribution in [-0.4, -0.2) is 20.3 Å². The van der Waals surface area contributed by atoms with Crippen LogP contribution >= 0.6 is 0 Å². The minimum absolute atomic E-state index is 0.200. The Morgan fingerprint density at radius 1 is 1.18 bits per heavy atom. The summed E-state index contributed by atoms with van der Waals surface area (Å²) in [6.07, 6.45) is 0. The molecule has 1 fully saturated rings. The van der Waals surface area contributed by atoms with Crippen LogP contribution in [0.15, 0.2) is 24.3 Å². The Balaban J connectivity index is 2.15. The Bertz CT molecular complexity index is 374. The molecule has 0 saturated carbocycles. The largest absolute Gasteiger partial charge is 0.497 e. The molecule has 3 heteroatoms. The first kappa shape index (κ1) is 12.4. The van der Waals surface area contributed by atoms with Gasteiger partial charge in [0.1, 0.15) is 11.5 Å². The number of methoxy groups -OCH3 is 1. The van der Waals surface area contributed by atoms with Crippen molar-refractivity contribution in [3.8, 4) is 5.75 Å². The first-order valence-corrected chi connectivity index (χ1v) is 5.99. The fourth-order valence-corrected chi connectivity index (χ4v) is 1.94. The summed E-state index contributed by atoms with van der Waals surface area (Å²) in [5.74, 6) is 0.869. The molecule has 1 saturated heterocycles. The molecule has 2 rings (SSSR count). The molecule has 0 aliphatic carbocycles. The first-order valence-electron chi connectivity index (χ1n) is 5.99. The fourth-order valence-electron chi connectivity index (χ4n) is 1.94. The Morgan fingerprint density at radius 2 is 1.82 bits per heavy atom. The minimum Gasteiger partial charge on any atom is -0.497 e. The predicted molar refractivity (Wildman–Crippen MR) is 68.1 cm³/mol. The second-order valence-electron chi connectivity index (χ2n) is 5.57. The highest BCUT2D eigenvalue weighted by molar-refractivity contribution is 5.30. The molecule has 1 N–H and O–H groups in total. The minimum atomic E-state index is -0.387. The molecule has 1 aliphatic rings. The summed E-state index contributed by atoms with van der Waals surface area (Å²) < 4.78 is 11.1. The molecule has 1 unspecified atom stereocenters. The second kappa shape index (κ2) is 4.31. The van der Waals surface area contributed by atoms with E-state index in [1.54, 1.807) is 7.11 Å². The Labute approximate surface area is 103 Å². The van der Waals surface area contributed by atoms with Crippen LogP contribution < -0.4 is 10.1 Å². The van der Waals surface area contributed by atoms with E-state index in [-0.39, 0.29) is 11.1 Å². The van der Waals surface area contributed by atoms with Crippen LogP contribution in [-0.2, 0) is 10.5 Å². The lowest BCUT2D eigenvalue weighted by Crippen LogP contribution is -2.53. The third-order valence-corrected chi connectivity index (χ3v) is 3.30. The lowest BCUT2D eigenvalue weighted by atomic mass is 9.90. The number of hydrogen-bond acceptors (Lipinski definition) is 3. The molecule has 1 atom stereocenters. The van der Waals surface area contributed by atoms with Gasteiger partial charge in [0, 0.05) is 12.0 Å². The standard InChI is InChI=1S/C14H21NO2/c1-13(2)9-15-14(3,17-10-13)11-5-7-12(16-4)8-6-11/h5-8,15H,9-10H2,1-4H3. The highest BCUT2D eigenvalue weighted by Gasteiger charge is 2.36. The number of nitrogens with one attached hydrogen (secondary N) is 1. The molecule has 0 spiro atoms. The van der Waals surface area contributed by atoms with E-state index in [2.05, 4.69) is 26.1 Å². The summed E-state index contributed by atoms with van der Waals surface area (Å²) in [6, 6.07) is 8.02.